The van der Waals surface area contributed by atoms with Gasteiger partial charge in [0.05, 0.1) is 0 Å². The molecule has 0 saturated carbocycles. The minimum atomic E-state index is 0. The van der Waals surface area contributed by atoms with Crippen LogP contribution in [0.3, 0.4) is 0 Å². The third-order valence-corrected chi connectivity index (χ3v) is 2.53. The van der Waals surface area contributed by atoms with Gasteiger partial charge in [-0.15, -0.1) is 0 Å². The van der Waals surface area contributed by atoms with Crippen LogP contribution in [-0.4, -0.2) is 11.5 Å². The summed E-state index contributed by atoms with van der Waals surface area (Å²) in [5.74, 6) is 3.70. The fraction of sp³-hybridized carbons (Fsp3) is 0.800. The Balaban J connectivity index is 0.000000360. The largest absolute Gasteiger partial charge is 0.343 e. The van der Waals surface area contributed by atoms with Crippen LogP contribution in [0.1, 0.15) is 6.42 Å². The summed E-state index contributed by atoms with van der Waals surface area (Å²) in [6.45, 7) is 3.79. The second kappa shape index (κ2) is 4.34. The monoisotopic (exact) mass is 190 g/mol. The van der Waals surface area contributed by atoms with Crippen molar-refractivity contribution in [1.29, 1.82) is 0 Å². The van der Waals surface area contributed by atoms with Gasteiger partial charge in [0, 0.05) is 32.7 Å². The predicted octanol–water partition coefficient (Wildman–Crippen LogP) is 1.57. The van der Waals surface area contributed by atoms with Crippen LogP contribution in [0, 0.1) is 12.8 Å². The second-order valence-corrected chi connectivity index (χ2v) is 2.77. The zero-order chi connectivity index (χ0) is 4.41. The van der Waals surface area contributed by atoms with Crippen LogP contribution in [0.25, 0.3) is 0 Å². The molecule has 0 aromatic heterocycles. The van der Waals surface area contributed by atoms with Crippen LogP contribution >= 0.6 is 11.8 Å². The molecule has 2 heteroatoms. The molecule has 0 N–H and O–H groups in total. The summed E-state index contributed by atoms with van der Waals surface area (Å²) in [5, 5.41) is 0. The van der Waals surface area contributed by atoms with Crippen molar-refractivity contribution in [2.75, 3.05) is 11.5 Å². The van der Waals surface area contributed by atoms with Gasteiger partial charge in [-0.05, 0) is 11.5 Å². The molecule has 0 aromatic rings. The van der Waals surface area contributed by atoms with E-state index in [0.717, 1.165) is 12.3 Å². The topological polar surface area (TPSA) is 0 Å². The Morgan fingerprint density at radius 2 is 2.14 bits per heavy atom. The SMILES string of the molecule is [CH2-]CC1CSC1.[Y]. The summed E-state index contributed by atoms with van der Waals surface area (Å²) in [7, 11) is 0. The van der Waals surface area contributed by atoms with Gasteiger partial charge in [-0.3, -0.25) is 0 Å². The number of hydrogen-bond donors (Lipinski definition) is 0. The molecule has 0 spiro atoms. The van der Waals surface area contributed by atoms with Crippen molar-refractivity contribution in [2.24, 2.45) is 5.92 Å². The van der Waals surface area contributed by atoms with Gasteiger partial charge >= 0.3 is 0 Å². The molecule has 1 fully saturated rings. The van der Waals surface area contributed by atoms with E-state index in [2.05, 4.69) is 6.92 Å². The maximum Gasteiger partial charge on any atom is 0 e. The maximum atomic E-state index is 3.79. The van der Waals surface area contributed by atoms with E-state index in [0.29, 0.717) is 0 Å². The first-order valence-electron chi connectivity index (χ1n) is 2.30. The number of thioether (sulfide) groups is 1. The van der Waals surface area contributed by atoms with Gasteiger partial charge in [-0.2, -0.15) is 18.2 Å². The molecule has 1 radical (unpaired) electrons. The van der Waals surface area contributed by atoms with Gasteiger partial charge in [-0.25, -0.2) is 0 Å². The number of hydrogen-bond acceptors (Lipinski definition) is 1. The average molecular weight is 190 g/mol. The molecule has 0 aliphatic carbocycles. The fourth-order valence-corrected chi connectivity index (χ4v) is 1.35. The van der Waals surface area contributed by atoms with Gasteiger partial charge < -0.3 is 6.92 Å². The van der Waals surface area contributed by atoms with E-state index in [4.69, 9.17) is 0 Å². The van der Waals surface area contributed by atoms with Gasteiger partial charge in [-0.1, -0.05) is 5.92 Å². The molecule has 0 nitrogen and oxygen atoms in total. The molecular weight excluding hydrogens is 181 g/mol. The van der Waals surface area contributed by atoms with Crippen molar-refractivity contribution < 1.29 is 32.7 Å². The third kappa shape index (κ3) is 2.48. The zero-order valence-corrected chi connectivity index (χ0v) is 8.05. The average Bonchev–Trinajstić information content (AvgIpc) is 1.31. The first-order valence-corrected chi connectivity index (χ1v) is 3.46. The van der Waals surface area contributed by atoms with Gasteiger partial charge in [0.25, 0.3) is 0 Å². The normalized spacial score (nSPS) is 20.1. The summed E-state index contributed by atoms with van der Waals surface area (Å²) in [6.07, 6.45) is 1.15. The Morgan fingerprint density at radius 3 is 2.14 bits per heavy atom. The predicted molar refractivity (Wildman–Crippen MR) is 30.8 cm³/mol. The first kappa shape index (κ1) is 8.45. The molecule has 1 aliphatic heterocycles. The van der Waals surface area contributed by atoms with E-state index in [1.165, 1.54) is 11.5 Å². The maximum absolute atomic E-state index is 3.79. The standard InChI is InChI=1S/C5H9S.Y/c1-2-5-3-6-4-5;/h5H,1-4H2;/q-1;. The Hall–Kier alpha value is 1.45. The van der Waals surface area contributed by atoms with E-state index < -0.39 is 0 Å². The first-order chi connectivity index (χ1) is 2.93. The van der Waals surface area contributed by atoms with Crippen LogP contribution in [0.4, 0.5) is 0 Å². The van der Waals surface area contributed by atoms with Gasteiger partial charge in [0.15, 0.2) is 0 Å². The Bertz CT molecular complexity index is 40.6. The minimum absolute atomic E-state index is 0. The summed E-state index contributed by atoms with van der Waals surface area (Å²) in [4.78, 5) is 0. The molecular formula is C5H9SY-. The van der Waals surface area contributed by atoms with Crippen LogP contribution in [-0.2, 0) is 32.7 Å². The van der Waals surface area contributed by atoms with Gasteiger partial charge in [0.2, 0.25) is 0 Å². The Labute approximate surface area is 74.7 Å². The van der Waals surface area contributed by atoms with E-state index in [-0.39, 0.29) is 32.7 Å². The van der Waals surface area contributed by atoms with Crippen LogP contribution in [0.5, 0.6) is 0 Å². The van der Waals surface area contributed by atoms with Crippen molar-refractivity contribution in [3.8, 4) is 0 Å². The summed E-state index contributed by atoms with van der Waals surface area (Å²) < 4.78 is 0. The van der Waals surface area contributed by atoms with Crippen molar-refractivity contribution in [2.45, 2.75) is 6.42 Å². The van der Waals surface area contributed by atoms with E-state index in [1.54, 1.807) is 0 Å². The molecule has 0 amide bonds. The van der Waals surface area contributed by atoms with Crippen LogP contribution in [0.2, 0.25) is 0 Å². The van der Waals surface area contributed by atoms with Crippen LogP contribution < -0.4 is 0 Å². The quantitative estimate of drug-likeness (QED) is 0.565. The fourth-order valence-electron chi connectivity index (χ4n) is 0.451. The molecule has 0 atom stereocenters. The van der Waals surface area contributed by atoms with E-state index in [9.17, 15) is 0 Å². The molecule has 7 heavy (non-hydrogen) atoms. The number of rotatable bonds is 1. The molecule has 0 bridgehead atoms. The second-order valence-electron chi connectivity index (χ2n) is 1.69. The van der Waals surface area contributed by atoms with E-state index in [1.807, 2.05) is 11.8 Å². The van der Waals surface area contributed by atoms with E-state index >= 15 is 0 Å². The van der Waals surface area contributed by atoms with Crippen molar-refractivity contribution in [3.05, 3.63) is 6.92 Å². The van der Waals surface area contributed by atoms with Crippen molar-refractivity contribution >= 4 is 11.8 Å². The third-order valence-electron chi connectivity index (χ3n) is 1.12. The smallest absolute Gasteiger partial charge is 0 e. The molecule has 1 saturated heterocycles. The summed E-state index contributed by atoms with van der Waals surface area (Å²) in [6, 6.07) is 0. The zero-order valence-electron chi connectivity index (χ0n) is 4.39. The van der Waals surface area contributed by atoms with Gasteiger partial charge in [0.1, 0.15) is 0 Å². The van der Waals surface area contributed by atoms with Crippen LogP contribution in [0.15, 0.2) is 0 Å². The molecule has 1 heterocycles. The molecule has 39 valence electrons. The molecule has 0 aromatic carbocycles. The van der Waals surface area contributed by atoms with Crippen molar-refractivity contribution in [3.63, 3.8) is 0 Å². The summed E-state index contributed by atoms with van der Waals surface area (Å²) >= 11 is 2.03. The minimum Gasteiger partial charge on any atom is -0.343 e. The molecule has 1 rings (SSSR count). The molecule has 1 aliphatic rings. The summed E-state index contributed by atoms with van der Waals surface area (Å²) in [5.41, 5.74) is 0. The molecule has 0 unspecified atom stereocenters. The Kier molecular flexibility index (Phi) is 5.25. The van der Waals surface area contributed by atoms with Crippen molar-refractivity contribution in [1.82, 2.24) is 0 Å². The Morgan fingerprint density at radius 1 is 1.57 bits per heavy atom.